The highest BCUT2D eigenvalue weighted by molar-refractivity contribution is 7.95. The van der Waals surface area contributed by atoms with Gasteiger partial charge in [-0.2, -0.15) is 0 Å². The summed E-state index contributed by atoms with van der Waals surface area (Å²) in [6.07, 6.45) is 8.21. The van der Waals surface area contributed by atoms with Crippen LogP contribution in [0.2, 0.25) is 0 Å². The number of hydrogen-bond donors (Lipinski definition) is 0. The van der Waals surface area contributed by atoms with Gasteiger partial charge in [-0.05, 0) is 78.5 Å². The van der Waals surface area contributed by atoms with Crippen LogP contribution in [0, 0.1) is 17.3 Å². The van der Waals surface area contributed by atoms with Crippen LogP contribution in [0.1, 0.15) is 60.0 Å². The lowest BCUT2D eigenvalue weighted by molar-refractivity contribution is 0.0525. The van der Waals surface area contributed by atoms with Crippen molar-refractivity contribution < 1.29 is 23.2 Å². The molecule has 0 radical (unpaired) electrons. The number of hydrogen-bond acceptors (Lipinski definition) is 8. The van der Waals surface area contributed by atoms with E-state index in [1.54, 1.807) is 37.4 Å². The number of nitrogens with zero attached hydrogens (tertiary/aromatic N) is 2. The van der Waals surface area contributed by atoms with E-state index in [0.717, 1.165) is 12.8 Å². The molecule has 8 heteroatoms. The molecule has 180 valence electrons. The van der Waals surface area contributed by atoms with E-state index in [1.165, 1.54) is 35.6 Å². The van der Waals surface area contributed by atoms with Gasteiger partial charge in [0.05, 0.1) is 29.8 Å². The van der Waals surface area contributed by atoms with E-state index in [9.17, 15) is 9.59 Å². The third kappa shape index (κ3) is 6.11. The Labute approximate surface area is 209 Å². The maximum absolute atomic E-state index is 12.3. The zero-order valence-electron chi connectivity index (χ0n) is 19.9. The Morgan fingerprint density at radius 1 is 1.17 bits per heavy atom. The summed E-state index contributed by atoms with van der Waals surface area (Å²) in [5.41, 5.74) is 3.65. The van der Waals surface area contributed by atoms with Gasteiger partial charge in [0, 0.05) is 23.8 Å². The van der Waals surface area contributed by atoms with E-state index >= 15 is 0 Å². The first-order chi connectivity index (χ1) is 16.9. The van der Waals surface area contributed by atoms with Crippen LogP contribution in [0.3, 0.4) is 0 Å². The predicted octanol–water partition coefficient (Wildman–Crippen LogP) is 4.91. The van der Waals surface area contributed by atoms with Crippen LogP contribution in [0.5, 0.6) is 0 Å². The van der Waals surface area contributed by atoms with Crippen molar-refractivity contribution in [2.45, 2.75) is 38.9 Å². The summed E-state index contributed by atoms with van der Waals surface area (Å²) >= 11 is 1.22. The van der Waals surface area contributed by atoms with Gasteiger partial charge >= 0.3 is 11.9 Å². The number of aromatic nitrogens is 2. The van der Waals surface area contributed by atoms with Crippen molar-refractivity contribution in [2.75, 3.05) is 13.2 Å². The van der Waals surface area contributed by atoms with Crippen LogP contribution in [0.25, 0.3) is 0 Å². The molecule has 0 aromatic carbocycles. The van der Waals surface area contributed by atoms with Crippen LogP contribution in [0.15, 0.2) is 65.8 Å². The summed E-state index contributed by atoms with van der Waals surface area (Å²) in [7, 11) is 0. The van der Waals surface area contributed by atoms with E-state index in [2.05, 4.69) is 35.7 Å². The highest BCUT2D eigenvalue weighted by Crippen LogP contribution is 2.46. The molecule has 1 unspecified atom stereocenters. The topological polar surface area (TPSA) is 87.6 Å². The SMILES string of the molecule is CCOC(=O)c1ccc(C#CC2=CC3=C(CO2)CC(SOC(=O)c2cccnc2)CC3(C)C)nc1. The van der Waals surface area contributed by atoms with Crippen LogP contribution in [-0.4, -0.2) is 40.4 Å². The molecule has 2 aromatic heterocycles. The first-order valence-corrected chi connectivity index (χ1v) is 12.2. The minimum absolute atomic E-state index is 0.123. The van der Waals surface area contributed by atoms with Crippen molar-refractivity contribution in [3.05, 3.63) is 82.7 Å². The number of esters is 1. The quantitative estimate of drug-likeness (QED) is 0.332. The number of carbonyl (C=O) groups excluding carboxylic acids is 2. The second kappa shape index (κ2) is 10.8. The largest absolute Gasteiger partial charge is 0.481 e. The highest BCUT2D eigenvalue weighted by atomic mass is 32.2. The van der Waals surface area contributed by atoms with Gasteiger partial charge in [-0.25, -0.2) is 14.6 Å². The Morgan fingerprint density at radius 2 is 2.00 bits per heavy atom. The normalized spacial score (nSPS) is 18.3. The average molecular weight is 491 g/mol. The summed E-state index contributed by atoms with van der Waals surface area (Å²) in [6.45, 7) is 6.88. The molecule has 0 bridgehead atoms. The number of allylic oxidation sites excluding steroid dienone is 3. The lowest BCUT2D eigenvalue weighted by Gasteiger charge is -2.39. The third-order valence-electron chi connectivity index (χ3n) is 5.74. The number of ether oxygens (including phenoxy) is 2. The molecule has 2 aliphatic rings. The summed E-state index contributed by atoms with van der Waals surface area (Å²) in [6, 6.07) is 6.73. The van der Waals surface area contributed by atoms with Gasteiger partial charge in [-0.15, -0.1) is 0 Å². The fourth-order valence-electron chi connectivity index (χ4n) is 4.10. The van der Waals surface area contributed by atoms with Gasteiger partial charge in [-0.3, -0.25) is 4.98 Å². The first kappa shape index (κ1) is 24.6. The summed E-state index contributed by atoms with van der Waals surface area (Å²) in [5, 5.41) is 0.135. The molecule has 0 saturated heterocycles. The molecule has 35 heavy (non-hydrogen) atoms. The molecule has 7 nitrogen and oxygen atoms in total. The molecule has 0 spiro atoms. The van der Waals surface area contributed by atoms with Gasteiger partial charge in [0.25, 0.3) is 0 Å². The minimum Gasteiger partial charge on any atom is -0.481 e. The number of carbonyl (C=O) groups is 2. The molecule has 1 aliphatic heterocycles. The van der Waals surface area contributed by atoms with Gasteiger partial charge in [0.2, 0.25) is 0 Å². The average Bonchev–Trinajstić information content (AvgIpc) is 2.87. The summed E-state index contributed by atoms with van der Waals surface area (Å²) in [4.78, 5) is 32.2. The van der Waals surface area contributed by atoms with E-state index < -0.39 is 5.97 Å². The van der Waals surface area contributed by atoms with Crippen molar-refractivity contribution in [1.29, 1.82) is 0 Å². The predicted molar refractivity (Wildman–Crippen MR) is 132 cm³/mol. The highest BCUT2D eigenvalue weighted by Gasteiger charge is 2.37. The standard InChI is InChI=1S/C27H26N2O5S/c1-4-32-25(30)19-7-8-21(29-16-19)9-10-22-13-24-20(17-33-22)12-23(14-27(24,2)3)35-34-26(31)18-6-5-11-28-15-18/h5-8,11,13,15-16,23H,4,12,14,17H2,1-3H3. The lowest BCUT2D eigenvalue weighted by Crippen LogP contribution is -2.31. The monoisotopic (exact) mass is 490 g/mol. The Kier molecular flexibility index (Phi) is 7.57. The molecular formula is C27H26N2O5S. The second-order valence-electron chi connectivity index (χ2n) is 8.84. The number of pyridine rings is 2. The van der Waals surface area contributed by atoms with Crippen LogP contribution in [0.4, 0.5) is 0 Å². The molecule has 0 saturated carbocycles. The Hall–Kier alpha value is -3.57. The smallest absolute Gasteiger partial charge is 0.351 e. The van der Waals surface area contributed by atoms with Crippen molar-refractivity contribution >= 4 is 24.0 Å². The maximum Gasteiger partial charge on any atom is 0.351 e. The molecule has 2 aromatic rings. The Bertz CT molecular complexity index is 1220. The lowest BCUT2D eigenvalue weighted by atomic mass is 9.71. The van der Waals surface area contributed by atoms with E-state index in [4.69, 9.17) is 13.7 Å². The molecule has 0 N–H and O–H groups in total. The van der Waals surface area contributed by atoms with E-state index in [-0.39, 0.29) is 16.6 Å². The molecule has 4 rings (SSSR count). The Balaban J connectivity index is 1.42. The fourth-order valence-corrected chi connectivity index (χ4v) is 5.17. The number of rotatable bonds is 5. The Morgan fingerprint density at radius 3 is 2.71 bits per heavy atom. The van der Waals surface area contributed by atoms with Crippen molar-refractivity contribution in [1.82, 2.24) is 9.97 Å². The molecule has 0 fully saturated rings. The van der Waals surface area contributed by atoms with Crippen LogP contribution in [-0.2, 0) is 13.7 Å². The van der Waals surface area contributed by atoms with Crippen LogP contribution < -0.4 is 0 Å². The van der Waals surface area contributed by atoms with Gasteiger partial charge in [0.15, 0.2) is 5.76 Å². The zero-order valence-corrected chi connectivity index (χ0v) is 20.7. The molecule has 1 aliphatic carbocycles. The van der Waals surface area contributed by atoms with Gasteiger partial charge in [-0.1, -0.05) is 13.8 Å². The van der Waals surface area contributed by atoms with Crippen molar-refractivity contribution in [3.8, 4) is 11.8 Å². The van der Waals surface area contributed by atoms with Crippen molar-refractivity contribution in [2.24, 2.45) is 5.41 Å². The van der Waals surface area contributed by atoms with Crippen LogP contribution >= 0.6 is 12.0 Å². The molecule has 1 atom stereocenters. The fraction of sp³-hybridized carbons (Fsp3) is 0.333. The molecule has 3 heterocycles. The minimum atomic E-state index is -0.403. The van der Waals surface area contributed by atoms with Gasteiger partial charge in [0.1, 0.15) is 12.3 Å². The molecule has 0 amide bonds. The maximum atomic E-state index is 12.3. The summed E-state index contributed by atoms with van der Waals surface area (Å²) < 4.78 is 16.4. The van der Waals surface area contributed by atoms with E-state index in [1.807, 2.05) is 6.08 Å². The van der Waals surface area contributed by atoms with Gasteiger partial charge < -0.3 is 13.7 Å². The second-order valence-corrected chi connectivity index (χ2v) is 9.87. The summed E-state index contributed by atoms with van der Waals surface area (Å²) in [5.74, 6) is 5.84. The third-order valence-corrected chi connectivity index (χ3v) is 6.60. The zero-order chi connectivity index (χ0) is 24.8. The first-order valence-electron chi connectivity index (χ1n) is 11.4. The van der Waals surface area contributed by atoms with Crippen molar-refractivity contribution in [3.63, 3.8) is 0 Å². The molecular weight excluding hydrogens is 464 g/mol. The van der Waals surface area contributed by atoms with E-state index in [0.29, 0.717) is 35.8 Å².